The average Bonchev–Trinajstić information content (AvgIpc) is 3.15. The number of carboxylic acids is 1. The third-order valence-electron chi connectivity index (χ3n) is 5.96. The quantitative estimate of drug-likeness (QED) is 0.397. The summed E-state index contributed by atoms with van der Waals surface area (Å²) in [5.74, 6) is -1.84. The molecule has 2 atom stereocenters. The highest BCUT2D eigenvalue weighted by Gasteiger charge is 2.30. The number of hydrogen-bond acceptors (Lipinski definition) is 6. The first-order valence-corrected chi connectivity index (χ1v) is 11.6. The number of alkyl carbamates (subject to hydrolysis) is 1. The van der Waals surface area contributed by atoms with Crippen molar-refractivity contribution in [1.29, 1.82) is 0 Å². The number of methoxy groups -OCH3 is 1. The Balaban J connectivity index is 1.65. The number of ether oxygens (including phenoxy) is 2. The fraction of sp³-hybridized carbons (Fsp3) is 0.423. The van der Waals surface area contributed by atoms with Crippen LogP contribution in [0.5, 0.6) is 0 Å². The molecule has 2 amide bonds. The van der Waals surface area contributed by atoms with Gasteiger partial charge in [0.2, 0.25) is 5.91 Å². The van der Waals surface area contributed by atoms with Crippen molar-refractivity contribution in [3.05, 3.63) is 59.7 Å². The maximum absolute atomic E-state index is 12.9. The number of likely N-dealkylation sites (N-methyl/N-ethyl adjacent to an activating group) is 1. The minimum absolute atomic E-state index is 0.106. The highest BCUT2D eigenvalue weighted by atomic mass is 16.5. The van der Waals surface area contributed by atoms with Gasteiger partial charge in [0, 0.05) is 26.2 Å². The second-order valence-corrected chi connectivity index (χ2v) is 8.82. The molecule has 9 nitrogen and oxygen atoms in total. The molecule has 0 aromatic heterocycles. The van der Waals surface area contributed by atoms with Crippen LogP contribution in [0.2, 0.25) is 0 Å². The molecule has 188 valence electrons. The van der Waals surface area contributed by atoms with Gasteiger partial charge in [0.15, 0.2) is 0 Å². The van der Waals surface area contributed by atoms with E-state index in [2.05, 4.69) is 22.8 Å². The lowest BCUT2D eigenvalue weighted by molar-refractivity contribution is -0.142. The highest BCUT2D eigenvalue weighted by Crippen LogP contribution is 2.44. The van der Waals surface area contributed by atoms with E-state index in [1.165, 1.54) is 0 Å². The van der Waals surface area contributed by atoms with Crippen molar-refractivity contribution in [2.75, 3.05) is 41.0 Å². The number of hydrogen-bond donors (Lipinski definition) is 3. The maximum atomic E-state index is 12.9. The summed E-state index contributed by atoms with van der Waals surface area (Å²) in [7, 11) is 4.98. The number of benzene rings is 2. The molecule has 0 aliphatic heterocycles. The summed E-state index contributed by atoms with van der Waals surface area (Å²) in [4.78, 5) is 38.8. The van der Waals surface area contributed by atoms with E-state index in [4.69, 9.17) is 9.47 Å². The lowest BCUT2D eigenvalue weighted by Gasteiger charge is -2.23. The molecule has 35 heavy (non-hydrogen) atoms. The third kappa shape index (κ3) is 6.80. The molecule has 3 rings (SSSR count). The SMILES string of the molecule is COCCCC(NC(=O)OCC1c2ccccc2-c2ccccc21)C(=O)NC(CN(C)C)C(=O)O. The summed E-state index contributed by atoms with van der Waals surface area (Å²) in [5, 5.41) is 14.6. The van der Waals surface area contributed by atoms with Crippen molar-refractivity contribution in [2.24, 2.45) is 0 Å². The number of carbonyl (C=O) groups excluding carboxylic acids is 2. The van der Waals surface area contributed by atoms with Gasteiger partial charge in [0.05, 0.1) is 0 Å². The molecule has 1 aliphatic rings. The van der Waals surface area contributed by atoms with E-state index < -0.39 is 30.1 Å². The molecular weight excluding hydrogens is 450 g/mol. The van der Waals surface area contributed by atoms with Crippen LogP contribution in [0, 0.1) is 0 Å². The molecule has 0 spiro atoms. The van der Waals surface area contributed by atoms with Crippen LogP contribution in [0.3, 0.4) is 0 Å². The van der Waals surface area contributed by atoms with Crippen LogP contribution in [-0.4, -0.2) is 81.0 Å². The summed E-state index contributed by atoms with van der Waals surface area (Å²) >= 11 is 0. The third-order valence-corrected chi connectivity index (χ3v) is 5.96. The molecular formula is C26H33N3O6. The maximum Gasteiger partial charge on any atom is 0.407 e. The van der Waals surface area contributed by atoms with Gasteiger partial charge in [-0.15, -0.1) is 0 Å². The zero-order valence-electron chi connectivity index (χ0n) is 20.3. The van der Waals surface area contributed by atoms with E-state index in [9.17, 15) is 19.5 Å². The smallest absolute Gasteiger partial charge is 0.407 e. The zero-order chi connectivity index (χ0) is 25.4. The van der Waals surface area contributed by atoms with Gasteiger partial charge in [-0.05, 0) is 49.2 Å². The second kappa shape index (κ2) is 12.3. The predicted octanol–water partition coefficient (Wildman–Crippen LogP) is 2.45. The molecule has 1 aliphatic carbocycles. The van der Waals surface area contributed by atoms with Crippen LogP contribution >= 0.6 is 0 Å². The Hall–Kier alpha value is -3.43. The standard InChI is InChI=1S/C26H33N3O6/c1-29(2)15-23(25(31)32)27-24(30)22(13-8-14-34-3)28-26(33)35-16-21-19-11-6-4-9-17(19)18-10-5-7-12-20(18)21/h4-7,9-12,21-23H,8,13-16H2,1-3H3,(H,27,30)(H,28,33)(H,31,32). The van der Waals surface area contributed by atoms with E-state index in [0.717, 1.165) is 22.3 Å². The fourth-order valence-corrected chi connectivity index (χ4v) is 4.31. The Morgan fingerprint density at radius 1 is 0.971 bits per heavy atom. The Morgan fingerprint density at radius 3 is 2.11 bits per heavy atom. The molecule has 0 radical (unpaired) electrons. The fourth-order valence-electron chi connectivity index (χ4n) is 4.31. The molecule has 0 heterocycles. The first-order valence-electron chi connectivity index (χ1n) is 11.6. The van der Waals surface area contributed by atoms with Crippen molar-refractivity contribution in [2.45, 2.75) is 30.8 Å². The number of aliphatic carboxylic acids is 1. The molecule has 0 saturated carbocycles. The van der Waals surface area contributed by atoms with E-state index in [-0.39, 0.29) is 25.5 Å². The predicted molar refractivity (Wildman–Crippen MR) is 131 cm³/mol. The lowest BCUT2D eigenvalue weighted by atomic mass is 9.98. The highest BCUT2D eigenvalue weighted by molar-refractivity contribution is 5.89. The van der Waals surface area contributed by atoms with Gasteiger partial charge < -0.3 is 30.1 Å². The number of nitrogens with zero attached hydrogens (tertiary/aromatic N) is 1. The monoisotopic (exact) mass is 483 g/mol. The van der Waals surface area contributed by atoms with Crippen LogP contribution in [0.4, 0.5) is 4.79 Å². The summed E-state index contributed by atoms with van der Waals surface area (Å²) in [6.07, 6.45) is 0.0471. The van der Waals surface area contributed by atoms with Gasteiger partial charge in [-0.1, -0.05) is 48.5 Å². The minimum Gasteiger partial charge on any atom is -0.480 e. The Bertz CT molecular complexity index is 996. The molecule has 0 fully saturated rings. The molecule has 9 heteroatoms. The Kier molecular flexibility index (Phi) is 9.22. The van der Waals surface area contributed by atoms with Gasteiger partial charge >= 0.3 is 12.1 Å². The largest absolute Gasteiger partial charge is 0.480 e. The number of fused-ring (bicyclic) bond motifs is 3. The van der Waals surface area contributed by atoms with Crippen molar-refractivity contribution in [3.8, 4) is 11.1 Å². The number of rotatable bonds is 12. The van der Waals surface area contributed by atoms with Gasteiger partial charge in [0.25, 0.3) is 0 Å². The van der Waals surface area contributed by atoms with Crippen molar-refractivity contribution in [1.82, 2.24) is 15.5 Å². The molecule has 0 saturated heterocycles. The molecule has 2 unspecified atom stereocenters. The van der Waals surface area contributed by atoms with Gasteiger partial charge in [-0.3, -0.25) is 4.79 Å². The summed E-state index contributed by atoms with van der Waals surface area (Å²) in [5.41, 5.74) is 4.41. The lowest BCUT2D eigenvalue weighted by Crippen LogP contribution is -2.54. The normalized spacial score (nSPS) is 14.1. The van der Waals surface area contributed by atoms with Crippen molar-refractivity contribution in [3.63, 3.8) is 0 Å². The topological polar surface area (TPSA) is 117 Å². The number of amides is 2. The molecule has 0 bridgehead atoms. The first kappa shape index (κ1) is 26.2. The van der Waals surface area contributed by atoms with Gasteiger partial charge in [0.1, 0.15) is 18.7 Å². The Morgan fingerprint density at radius 2 is 1.57 bits per heavy atom. The average molecular weight is 484 g/mol. The van der Waals surface area contributed by atoms with Crippen LogP contribution in [0.1, 0.15) is 29.9 Å². The van der Waals surface area contributed by atoms with Crippen LogP contribution in [0.25, 0.3) is 11.1 Å². The van der Waals surface area contributed by atoms with Crippen molar-refractivity contribution >= 4 is 18.0 Å². The van der Waals surface area contributed by atoms with E-state index in [1.807, 2.05) is 36.4 Å². The second-order valence-electron chi connectivity index (χ2n) is 8.82. The summed E-state index contributed by atoms with van der Waals surface area (Å²) < 4.78 is 10.6. The zero-order valence-corrected chi connectivity index (χ0v) is 20.3. The number of carboxylic acid groups (broad SMARTS) is 1. The van der Waals surface area contributed by atoms with Crippen LogP contribution < -0.4 is 10.6 Å². The van der Waals surface area contributed by atoms with E-state index in [1.54, 1.807) is 26.1 Å². The van der Waals surface area contributed by atoms with E-state index in [0.29, 0.717) is 13.0 Å². The summed E-state index contributed by atoms with van der Waals surface area (Å²) in [6.45, 7) is 0.637. The van der Waals surface area contributed by atoms with Crippen molar-refractivity contribution < 1.29 is 29.0 Å². The minimum atomic E-state index is -1.15. The Labute approximate surface area is 205 Å². The molecule has 2 aromatic carbocycles. The number of nitrogens with one attached hydrogen (secondary N) is 2. The van der Waals surface area contributed by atoms with Crippen LogP contribution in [0.15, 0.2) is 48.5 Å². The van der Waals surface area contributed by atoms with Crippen LogP contribution in [-0.2, 0) is 19.1 Å². The van der Waals surface area contributed by atoms with E-state index >= 15 is 0 Å². The first-order chi connectivity index (χ1) is 16.8. The number of carbonyl (C=O) groups is 3. The summed E-state index contributed by atoms with van der Waals surface area (Å²) in [6, 6.07) is 14.0. The van der Waals surface area contributed by atoms with Gasteiger partial charge in [-0.25, -0.2) is 9.59 Å². The molecule has 3 N–H and O–H groups in total. The van der Waals surface area contributed by atoms with Gasteiger partial charge in [-0.2, -0.15) is 0 Å². The molecule has 2 aromatic rings.